The lowest BCUT2D eigenvalue weighted by molar-refractivity contribution is 0.104. The predicted octanol–water partition coefficient (Wildman–Crippen LogP) is 3.56. The molecule has 0 saturated carbocycles. The molecule has 0 aromatic heterocycles. The molecule has 23 heavy (non-hydrogen) atoms. The number of nitrogens with zero attached hydrogens (tertiary/aromatic N) is 1. The molecule has 2 aromatic carbocycles. The lowest BCUT2D eigenvalue weighted by atomic mass is 10.1. The summed E-state index contributed by atoms with van der Waals surface area (Å²) in [6, 6.07) is 13.6. The number of ketones is 1. The molecule has 1 aliphatic heterocycles. The summed E-state index contributed by atoms with van der Waals surface area (Å²) in [5, 5.41) is 0. The van der Waals surface area contributed by atoms with Gasteiger partial charge in [0.25, 0.3) is 0 Å². The smallest absolute Gasteiger partial charge is 0.185 e. The number of carbonyl (C=O) groups is 1. The van der Waals surface area contributed by atoms with E-state index in [1.54, 1.807) is 18.2 Å². The summed E-state index contributed by atoms with van der Waals surface area (Å²) in [5.41, 5.74) is 2.54. The molecule has 0 atom stereocenters. The van der Waals surface area contributed by atoms with Gasteiger partial charge in [-0.3, -0.25) is 4.79 Å². The maximum atomic E-state index is 12.8. The van der Waals surface area contributed by atoms with Gasteiger partial charge >= 0.3 is 0 Å². The molecule has 0 N–H and O–H groups in total. The summed E-state index contributed by atoms with van der Waals surface area (Å²) < 4.78 is 18.2. The minimum atomic E-state index is -0.285. The van der Waals surface area contributed by atoms with Gasteiger partial charge in [-0.05, 0) is 48.0 Å². The molecule has 0 radical (unpaired) electrons. The van der Waals surface area contributed by atoms with E-state index in [0.29, 0.717) is 5.56 Å². The van der Waals surface area contributed by atoms with Crippen molar-refractivity contribution in [2.45, 2.75) is 0 Å². The van der Waals surface area contributed by atoms with Crippen LogP contribution in [0.5, 0.6) is 0 Å². The summed E-state index contributed by atoms with van der Waals surface area (Å²) >= 11 is 0. The first-order valence-electron chi connectivity index (χ1n) is 7.63. The molecule has 3 rings (SSSR count). The van der Waals surface area contributed by atoms with Crippen molar-refractivity contribution in [1.29, 1.82) is 0 Å². The second kappa shape index (κ2) is 7.20. The number of hydrogen-bond donors (Lipinski definition) is 0. The van der Waals surface area contributed by atoms with E-state index < -0.39 is 0 Å². The number of morpholine rings is 1. The third-order valence-electron chi connectivity index (χ3n) is 3.83. The van der Waals surface area contributed by atoms with E-state index in [0.717, 1.165) is 37.6 Å². The number of anilines is 1. The van der Waals surface area contributed by atoms with Crippen LogP contribution in [0.3, 0.4) is 0 Å². The molecule has 0 spiro atoms. The Morgan fingerprint density at radius 1 is 1.00 bits per heavy atom. The normalized spacial score (nSPS) is 15.1. The Morgan fingerprint density at radius 3 is 2.30 bits per heavy atom. The van der Waals surface area contributed by atoms with Gasteiger partial charge in [-0.2, -0.15) is 0 Å². The fraction of sp³-hybridized carbons (Fsp3) is 0.211. The summed E-state index contributed by atoms with van der Waals surface area (Å²) in [6.07, 6.45) is 3.20. The quantitative estimate of drug-likeness (QED) is 0.639. The molecule has 4 heteroatoms. The average molecular weight is 311 g/mol. The molecular formula is C19H18FNO2. The predicted molar refractivity (Wildman–Crippen MR) is 89.2 cm³/mol. The minimum absolute atomic E-state index is 0.0668. The van der Waals surface area contributed by atoms with E-state index in [4.69, 9.17) is 4.74 Å². The SMILES string of the molecule is O=C(C=Cc1ccc(F)cc1)c1ccc(N2CCOCC2)cc1. The molecular weight excluding hydrogens is 293 g/mol. The Labute approximate surface area is 135 Å². The lowest BCUT2D eigenvalue weighted by Gasteiger charge is -2.28. The second-order valence-corrected chi connectivity index (χ2v) is 5.40. The highest BCUT2D eigenvalue weighted by Gasteiger charge is 2.11. The van der Waals surface area contributed by atoms with Crippen molar-refractivity contribution >= 4 is 17.5 Å². The molecule has 118 valence electrons. The van der Waals surface area contributed by atoms with Crippen LogP contribution in [0.1, 0.15) is 15.9 Å². The van der Waals surface area contributed by atoms with Crippen LogP contribution < -0.4 is 4.90 Å². The Balaban J connectivity index is 1.66. The van der Waals surface area contributed by atoms with Gasteiger partial charge < -0.3 is 9.64 Å². The van der Waals surface area contributed by atoms with Crippen LogP contribution >= 0.6 is 0 Å². The standard InChI is InChI=1S/C19H18FNO2/c20-17-6-1-15(2-7-17)3-10-19(22)16-4-8-18(9-5-16)21-11-13-23-14-12-21/h1-10H,11-14H2. The van der Waals surface area contributed by atoms with Gasteiger partial charge in [0.05, 0.1) is 13.2 Å². The number of benzene rings is 2. The molecule has 0 unspecified atom stereocenters. The average Bonchev–Trinajstić information content (AvgIpc) is 2.62. The molecule has 1 aliphatic rings. The zero-order valence-electron chi connectivity index (χ0n) is 12.7. The molecule has 1 saturated heterocycles. The molecule has 0 bridgehead atoms. The first kappa shape index (κ1) is 15.4. The fourth-order valence-corrected chi connectivity index (χ4v) is 2.50. The molecule has 3 nitrogen and oxygen atoms in total. The van der Waals surface area contributed by atoms with Crippen molar-refractivity contribution in [3.8, 4) is 0 Å². The summed E-state index contributed by atoms with van der Waals surface area (Å²) in [6.45, 7) is 3.22. The Morgan fingerprint density at radius 2 is 1.65 bits per heavy atom. The van der Waals surface area contributed by atoms with Crippen molar-refractivity contribution in [3.05, 3.63) is 71.6 Å². The van der Waals surface area contributed by atoms with Crippen molar-refractivity contribution in [3.63, 3.8) is 0 Å². The zero-order valence-corrected chi connectivity index (χ0v) is 12.7. The van der Waals surface area contributed by atoms with E-state index in [1.165, 1.54) is 18.2 Å². The van der Waals surface area contributed by atoms with E-state index in [-0.39, 0.29) is 11.6 Å². The van der Waals surface area contributed by atoms with Gasteiger partial charge in [-0.25, -0.2) is 4.39 Å². The van der Waals surface area contributed by atoms with Crippen LogP contribution in [-0.4, -0.2) is 32.1 Å². The van der Waals surface area contributed by atoms with Crippen LogP contribution in [0, 0.1) is 5.82 Å². The minimum Gasteiger partial charge on any atom is -0.378 e. The molecule has 0 aliphatic carbocycles. The van der Waals surface area contributed by atoms with Crippen LogP contribution in [0.15, 0.2) is 54.6 Å². The van der Waals surface area contributed by atoms with Gasteiger partial charge in [-0.1, -0.05) is 18.2 Å². The van der Waals surface area contributed by atoms with Crippen molar-refractivity contribution in [2.24, 2.45) is 0 Å². The summed E-state index contributed by atoms with van der Waals surface area (Å²) in [5.74, 6) is -0.352. The van der Waals surface area contributed by atoms with Crippen LogP contribution in [-0.2, 0) is 4.74 Å². The van der Waals surface area contributed by atoms with E-state index >= 15 is 0 Å². The van der Waals surface area contributed by atoms with Crippen molar-refractivity contribution in [2.75, 3.05) is 31.2 Å². The molecule has 1 heterocycles. The van der Waals surface area contributed by atoms with Gasteiger partial charge in [0, 0.05) is 24.3 Å². The van der Waals surface area contributed by atoms with E-state index in [9.17, 15) is 9.18 Å². The van der Waals surface area contributed by atoms with Gasteiger partial charge in [0.1, 0.15) is 5.82 Å². The van der Waals surface area contributed by atoms with Gasteiger partial charge in [0.15, 0.2) is 5.78 Å². The monoisotopic (exact) mass is 311 g/mol. The van der Waals surface area contributed by atoms with Crippen LogP contribution in [0.2, 0.25) is 0 Å². The molecule has 0 amide bonds. The van der Waals surface area contributed by atoms with Crippen molar-refractivity contribution in [1.82, 2.24) is 0 Å². The fourth-order valence-electron chi connectivity index (χ4n) is 2.50. The molecule has 1 fully saturated rings. The van der Waals surface area contributed by atoms with Crippen LogP contribution in [0.25, 0.3) is 6.08 Å². The highest BCUT2D eigenvalue weighted by Crippen LogP contribution is 2.17. The summed E-state index contributed by atoms with van der Waals surface area (Å²) in [4.78, 5) is 14.4. The largest absolute Gasteiger partial charge is 0.378 e. The van der Waals surface area contributed by atoms with Gasteiger partial charge in [-0.15, -0.1) is 0 Å². The maximum Gasteiger partial charge on any atom is 0.185 e. The third kappa shape index (κ3) is 4.05. The maximum absolute atomic E-state index is 12.8. The van der Waals surface area contributed by atoms with Gasteiger partial charge in [0.2, 0.25) is 0 Å². The number of rotatable bonds is 4. The Hall–Kier alpha value is -2.46. The molecule has 2 aromatic rings. The lowest BCUT2D eigenvalue weighted by Crippen LogP contribution is -2.36. The first-order valence-corrected chi connectivity index (χ1v) is 7.63. The van der Waals surface area contributed by atoms with Crippen LogP contribution in [0.4, 0.5) is 10.1 Å². The van der Waals surface area contributed by atoms with Crippen molar-refractivity contribution < 1.29 is 13.9 Å². The number of ether oxygens (including phenoxy) is 1. The highest BCUT2D eigenvalue weighted by molar-refractivity contribution is 6.06. The number of hydrogen-bond acceptors (Lipinski definition) is 3. The Bertz CT molecular complexity index is 686. The third-order valence-corrected chi connectivity index (χ3v) is 3.83. The number of halogens is 1. The van der Waals surface area contributed by atoms with E-state index in [1.807, 2.05) is 24.3 Å². The van der Waals surface area contributed by atoms with E-state index in [2.05, 4.69) is 4.90 Å². The highest BCUT2D eigenvalue weighted by atomic mass is 19.1. The second-order valence-electron chi connectivity index (χ2n) is 5.40. The number of allylic oxidation sites excluding steroid dienone is 1. The summed E-state index contributed by atoms with van der Waals surface area (Å²) in [7, 11) is 0. The first-order chi connectivity index (χ1) is 11.2. The number of carbonyl (C=O) groups excluding carboxylic acids is 1. The zero-order chi connectivity index (χ0) is 16.1. The topological polar surface area (TPSA) is 29.5 Å². The Kier molecular flexibility index (Phi) is 4.83.